The molecule has 0 unspecified atom stereocenters. The van der Waals surface area contributed by atoms with E-state index in [0.29, 0.717) is 5.56 Å². The fourth-order valence-electron chi connectivity index (χ4n) is 4.02. The number of carbonyl (C=O) groups excluding carboxylic acids is 2. The first kappa shape index (κ1) is 29.7. The van der Waals surface area contributed by atoms with E-state index in [1.165, 1.54) is 36.4 Å². The fourth-order valence-corrected chi connectivity index (χ4v) is 4.02. The highest BCUT2D eigenvalue weighted by Gasteiger charge is 2.33. The maximum atomic E-state index is 13.2. The number of halogens is 3. The second-order valence-electron chi connectivity index (χ2n) is 9.01. The maximum Gasteiger partial charge on any atom is 0.573 e. The summed E-state index contributed by atoms with van der Waals surface area (Å²) in [5.41, 5.74) is 3.08. The molecule has 0 bridgehead atoms. The fraction of sp³-hybridized carbons (Fsp3) is 0.129. The van der Waals surface area contributed by atoms with Gasteiger partial charge in [0.05, 0.1) is 6.42 Å². The summed E-state index contributed by atoms with van der Waals surface area (Å²) in [6.45, 7) is -0.0445. The van der Waals surface area contributed by atoms with Gasteiger partial charge in [-0.15, -0.1) is 13.2 Å². The lowest BCUT2D eigenvalue weighted by Gasteiger charge is -2.17. The first-order valence-corrected chi connectivity index (χ1v) is 12.7. The normalized spacial score (nSPS) is 10.9. The number of anilines is 1. The van der Waals surface area contributed by atoms with Crippen LogP contribution in [0.25, 0.3) is 11.1 Å². The minimum atomic E-state index is -4.96. The lowest BCUT2D eigenvalue weighted by atomic mass is 9.99. The van der Waals surface area contributed by atoms with Crippen molar-refractivity contribution in [2.24, 2.45) is 0 Å². The molecule has 0 saturated heterocycles. The van der Waals surface area contributed by atoms with Crippen molar-refractivity contribution in [1.82, 2.24) is 5.32 Å². The lowest BCUT2D eigenvalue weighted by Crippen LogP contribution is -2.26. The predicted molar refractivity (Wildman–Crippen MR) is 148 cm³/mol. The van der Waals surface area contributed by atoms with Crippen molar-refractivity contribution in [3.8, 4) is 22.6 Å². The van der Waals surface area contributed by atoms with Crippen molar-refractivity contribution in [2.45, 2.75) is 19.2 Å². The summed E-state index contributed by atoms with van der Waals surface area (Å²) in [6.07, 6.45) is -6.18. The SMILES string of the molecule is O=C(O)CCNC(=O)c1ccc(NC(=O)Oc2cccc(OC(F)(F)F)c2Cc2ccc(-c3ccccc3)cc2)cc1. The predicted octanol–water partition coefficient (Wildman–Crippen LogP) is 6.66. The molecular formula is C31H25F3N2O6. The van der Waals surface area contributed by atoms with Gasteiger partial charge in [-0.3, -0.25) is 14.9 Å². The van der Waals surface area contributed by atoms with Gasteiger partial charge in [0.1, 0.15) is 11.5 Å². The molecule has 0 fully saturated rings. The van der Waals surface area contributed by atoms with Crippen LogP contribution in [0.1, 0.15) is 27.9 Å². The van der Waals surface area contributed by atoms with Crippen LogP contribution in [0.3, 0.4) is 0 Å². The average molecular weight is 579 g/mol. The van der Waals surface area contributed by atoms with Crippen LogP contribution < -0.4 is 20.1 Å². The number of carbonyl (C=O) groups is 3. The number of carboxylic acid groups (broad SMARTS) is 1. The molecule has 8 nitrogen and oxygen atoms in total. The highest BCUT2D eigenvalue weighted by Crippen LogP contribution is 2.35. The summed E-state index contributed by atoms with van der Waals surface area (Å²) in [7, 11) is 0. The minimum Gasteiger partial charge on any atom is -0.481 e. The van der Waals surface area contributed by atoms with E-state index in [9.17, 15) is 27.6 Å². The van der Waals surface area contributed by atoms with Gasteiger partial charge in [-0.25, -0.2) is 4.79 Å². The van der Waals surface area contributed by atoms with Crippen molar-refractivity contribution in [1.29, 1.82) is 0 Å². The molecule has 0 aliphatic heterocycles. The largest absolute Gasteiger partial charge is 0.573 e. The van der Waals surface area contributed by atoms with Gasteiger partial charge >= 0.3 is 18.4 Å². The standard InChI is InChI=1S/C31H25F3N2O6/c32-31(33,34)42-27-8-4-7-26(25(27)19-20-9-11-22(12-10-20)21-5-2-1-3-6-21)41-30(40)36-24-15-13-23(14-16-24)29(39)35-18-17-28(37)38/h1-16H,17-19H2,(H,35,39)(H,36,40)(H,37,38). The molecule has 3 N–H and O–H groups in total. The molecule has 11 heteroatoms. The Balaban J connectivity index is 1.48. The van der Waals surface area contributed by atoms with E-state index < -0.39 is 30.1 Å². The minimum absolute atomic E-state index is 0.0182. The Bertz CT molecular complexity index is 1540. The van der Waals surface area contributed by atoms with E-state index in [1.807, 2.05) is 42.5 Å². The van der Waals surface area contributed by atoms with Crippen LogP contribution in [0.5, 0.6) is 11.5 Å². The third kappa shape index (κ3) is 8.59. The van der Waals surface area contributed by atoms with E-state index in [1.54, 1.807) is 12.1 Å². The number of carboxylic acids is 1. The maximum absolute atomic E-state index is 13.2. The molecule has 4 rings (SSSR count). The number of rotatable bonds is 10. The van der Waals surface area contributed by atoms with Crippen LogP contribution in [0, 0.1) is 0 Å². The molecule has 4 aromatic carbocycles. The zero-order valence-corrected chi connectivity index (χ0v) is 22.0. The van der Waals surface area contributed by atoms with Crippen LogP contribution in [-0.4, -0.2) is 36.0 Å². The summed E-state index contributed by atoms with van der Waals surface area (Å²) in [4.78, 5) is 35.4. The number of ether oxygens (including phenoxy) is 2. The molecule has 0 saturated carbocycles. The smallest absolute Gasteiger partial charge is 0.481 e. The molecule has 216 valence electrons. The average Bonchev–Trinajstić information content (AvgIpc) is 2.95. The zero-order chi connectivity index (χ0) is 30.1. The third-order valence-corrected chi connectivity index (χ3v) is 5.98. The van der Waals surface area contributed by atoms with Crippen molar-refractivity contribution in [3.63, 3.8) is 0 Å². The molecule has 4 aromatic rings. The highest BCUT2D eigenvalue weighted by atomic mass is 19.4. The first-order valence-electron chi connectivity index (χ1n) is 12.7. The Morgan fingerprint density at radius 1 is 0.762 bits per heavy atom. The topological polar surface area (TPSA) is 114 Å². The van der Waals surface area contributed by atoms with E-state index in [2.05, 4.69) is 15.4 Å². The first-order chi connectivity index (χ1) is 20.1. The Morgan fingerprint density at radius 2 is 1.40 bits per heavy atom. The Labute approximate surface area is 238 Å². The summed E-state index contributed by atoms with van der Waals surface area (Å²) in [5, 5.41) is 13.6. The Kier molecular flexibility index (Phi) is 9.43. The van der Waals surface area contributed by atoms with Gasteiger partial charge in [-0.05, 0) is 53.1 Å². The number of benzene rings is 4. The summed E-state index contributed by atoms with van der Waals surface area (Å²) < 4.78 is 49.2. The second kappa shape index (κ2) is 13.4. The van der Waals surface area contributed by atoms with Crippen molar-refractivity contribution >= 4 is 23.7 Å². The molecule has 0 radical (unpaired) electrons. The van der Waals surface area contributed by atoms with Gasteiger partial charge in [0, 0.05) is 29.8 Å². The van der Waals surface area contributed by atoms with Crippen LogP contribution in [0.15, 0.2) is 97.1 Å². The third-order valence-electron chi connectivity index (χ3n) is 5.98. The van der Waals surface area contributed by atoms with E-state index in [-0.39, 0.29) is 42.0 Å². The number of aliphatic carboxylic acids is 1. The zero-order valence-electron chi connectivity index (χ0n) is 22.0. The van der Waals surface area contributed by atoms with Gasteiger partial charge in [-0.1, -0.05) is 60.7 Å². The Hall–Kier alpha value is -5.32. The van der Waals surface area contributed by atoms with Gasteiger partial charge < -0.3 is 19.9 Å². The van der Waals surface area contributed by atoms with E-state index in [0.717, 1.165) is 17.2 Å². The van der Waals surface area contributed by atoms with Gasteiger partial charge in [-0.2, -0.15) is 0 Å². The number of amides is 2. The van der Waals surface area contributed by atoms with Gasteiger partial charge in [0.25, 0.3) is 5.91 Å². The summed E-state index contributed by atoms with van der Waals surface area (Å²) in [5.74, 6) is -2.17. The Morgan fingerprint density at radius 3 is 2.05 bits per heavy atom. The van der Waals surface area contributed by atoms with Crippen molar-refractivity contribution < 1.29 is 42.1 Å². The molecular weight excluding hydrogens is 553 g/mol. The van der Waals surface area contributed by atoms with E-state index >= 15 is 0 Å². The quantitative estimate of drug-likeness (QED) is 0.194. The number of hydrogen-bond donors (Lipinski definition) is 3. The van der Waals surface area contributed by atoms with Crippen molar-refractivity contribution in [2.75, 3.05) is 11.9 Å². The monoisotopic (exact) mass is 578 g/mol. The molecule has 0 spiro atoms. The van der Waals surface area contributed by atoms with Crippen LogP contribution in [-0.2, 0) is 11.2 Å². The molecule has 0 aliphatic rings. The molecule has 42 heavy (non-hydrogen) atoms. The molecule has 0 aromatic heterocycles. The second-order valence-corrected chi connectivity index (χ2v) is 9.01. The van der Waals surface area contributed by atoms with Gasteiger partial charge in [0.2, 0.25) is 0 Å². The van der Waals surface area contributed by atoms with Crippen LogP contribution in [0.4, 0.5) is 23.7 Å². The van der Waals surface area contributed by atoms with Gasteiger partial charge in [0.15, 0.2) is 0 Å². The summed E-state index contributed by atoms with van der Waals surface area (Å²) >= 11 is 0. The summed E-state index contributed by atoms with van der Waals surface area (Å²) in [6, 6.07) is 26.3. The van der Waals surface area contributed by atoms with Crippen molar-refractivity contribution in [3.05, 3.63) is 114 Å². The number of alkyl halides is 3. The molecule has 0 atom stereocenters. The van der Waals surface area contributed by atoms with Crippen LogP contribution in [0.2, 0.25) is 0 Å². The molecule has 0 aliphatic carbocycles. The molecule has 0 heterocycles. The molecule has 2 amide bonds. The lowest BCUT2D eigenvalue weighted by molar-refractivity contribution is -0.274. The highest BCUT2D eigenvalue weighted by molar-refractivity contribution is 5.95. The number of nitrogens with one attached hydrogen (secondary N) is 2. The van der Waals surface area contributed by atoms with Crippen LogP contribution >= 0.6 is 0 Å². The number of hydrogen-bond acceptors (Lipinski definition) is 5. The van der Waals surface area contributed by atoms with E-state index in [4.69, 9.17) is 9.84 Å².